The standard InChI is InChI=1S/C18H36N2/c1-3-6-16-7-5-8-18(10-9-16)20-13-11-17(12-14-20)15-19-4-2/h16-19H,3-15H2,1-2H3. The summed E-state index contributed by atoms with van der Waals surface area (Å²) < 4.78 is 0. The lowest BCUT2D eigenvalue weighted by Gasteiger charge is -2.37. The van der Waals surface area contributed by atoms with Gasteiger partial charge in [-0.3, -0.25) is 0 Å². The highest BCUT2D eigenvalue weighted by Gasteiger charge is 2.27. The summed E-state index contributed by atoms with van der Waals surface area (Å²) in [7, 11) is 0. The van der Waals surface area contributed by atoms with Crippen LogP contribution in [-0.2, 0) is 0 Å². The fourth-order valence-corrected chi connectivity index (χ4v) is 4.29. The first-order valence-corrected chi connectivity index (χ1v) is 9.28. The first-order valence-electron chi connectivity index (χ1n) is 9.28. The van der Waals surface area contributed by atoms with Crippen LogP contribution in [0.3, 0.4) is 0 Å². The molecule has 0 aromatic carbocycles. The van der Waals surface area contributed by atoms with Crippen LogP contribution in [0.1, 0.15) is 71.6 Å². The average Bonchev–Trinajstić information content (AvgIpc) is 2.72. The molecule has 2 fully saturated rings. The fourth-order valence-electron chi connectivity index (χ4n) is 4.29. The van der Waals surface area contributed by atoms with Gasteiger partial charge in [0.15, 0.2) is 0 Å². The van der Waals surface area contributed by atoms with Gasteiger partial charge in [-0.05, 0) is 70.1 Å². The monoisotopic (exact) mass is 280 g/mol. The summed E-state index contributed by atoms with van der Waals surface area (Å²) in [6.45, 7) is 9.65. The molecule has 1 N–H and O–H groups in total. The highest BCUT2D eigenvalue weighted by Crippen LogP contribution is 2.30. The van der Waals surface area contributed by atoms with E-state index in [4.69, 9.17) is 0 Å². The van der Waals surface area contributed by atoms with E-state index in [9.17, 15) is 0 Å². The Morgan fingerprint density at radius 2 is 1.70 bits per heavy atom. The Bertz CT molecular complexity index is 246. The quantitative estimate of drug-likeness (QED) is 0.738. The van der Waals surface area contributed by atoms with Gasteiger partial charge in [0, 0.05) is 6.04 Å². The summed E-state index contributed by atoms with van der Waals surface area (Å²) in [5.74, 6) is 1.97. The number of hydrogen-bond donors (Lipinski definition) is 1. The SMILES string of the molecule is CCCC1CCCC(N2CCC(CNCC)CC2)CC1. The van der Waals surface area contributed by atoms with E-state index < -0.39 is 0 Å². The minimum atomic E-state index is 0.914. The second-order valence-corrected chi connectivity index (χ2v) is 7.10. The molecule has 1 saturated carbocycles. The van der Waals surface area contributed by atoms with Gasteiger partial charge in [-0.2, -0.15) is 0 Å². The Labute approximate surface area is 126 Å². The Morgan fingerprint density at radius 1 is 0.900 bits per heavy atom. The topological polar surface area (TPSA) is 15.3 Å². The molecule has 2 heteroatoms. The van der Waals surface area contributed by atoms with Gasteiger partial charge < -0.3 is 10.2 Å². The van der Waals surface area contributed by atoms with Gasteiger partial charge in [0.25, 0.3) is 0 Å². The number of nitrogens with zero attached hydrogens (tertiary/aromatic N) is 1. The van der Waals surface area contributed by atoms with Crippen molar-refractivity contribution in [2.24, 2.45) is 11.8 Å². The lowest BCUT2D eigenvalue weighted by Crippen LogP contribution is -2.43. The van der Waals surface area contributed by atoms with Gasteiger partial charge in [-0.1, -0.05) is 39.5 Å². The van der Waals surface area contributed by atoms with Crippen LogP contribution in [0.25, 0.3) is 0 Å². The molecule has 2 aliphatic rings. The van der Waals surface area contributed by atoms with Crippen molar-refractivity contribution in [1.82, 2.24) is 10.2 Å². The number of rotatable bonds is 6. The zero-order valence-corrected chi connectivity index (χ0v) is 13.9. The van der Waals surface area contributed by atoms with Crippen molar-refractivity contribution in [3.63, 3.8) is 0 Å². The predicted molar refractivity (Wildman–Crippen MR) is 88.1 cm³/mol. The minimum Gasteiger partial charge on any atom is -0.317 e. The van der Waals surface area contributed by atoms with Crippen molar-refractivity contribution in [2.45, 2.75) is 77.7 Å². The summed E-state index contributed by atoms with van der Waals surface area (Å²) in [5.41, 5.74) is 0. The fraction of sp³-hybridized carbons (Fsp3) is 1.00. The highest BCUT2D eigenvalue weighted by atomic mass is 15.2. The third-order valence-corrected chi connectivity index (χ3v) is 5.60. The second-order valence-electron chi connectivity index (χ2n) is 7.10. The smallest absolute Gasteiger partial charge is 0.00953 e. The Morgan fingerprint density at radius 3 is 2.40 bits per heavy atom. The molecule has 0 spiro atoms. The van der Waals surface area contributed by atoms with Crippen LogP contribution in [0.15, 0.2) is 0 Å². The lowest BCUT2D eigenvalue weighted by molar-refractivity contribution is 0.120. The molecule has 2 rings (SSSR count). The van der Waals surface area contributed by atoms with Gasteiger partial charge >= 0.3 is 0 Å². The van der Waals surface area contributed by atoms with Crippen LogP contribution < -0.4 is 5.32 Å². The highest BCUT2D eigenvalue weighted by molar-refractivity contribution is 4.82. The van der Waals surface area contributed by atoms with E-state index in [1.165, 1.54) is 77.4 Å². The van der Waals surface area contributed by atoms with Crippen LogP contribution in [0.2, 0.25) is 0 Å². The van der Waals surface area contributed by atoms with E-state index in [0.29, 0.717) is 0 Å². The number of piperidine rings is 1. The van der Waals surface area contributed by atoms with Gasteiger partial charge in [0.1, 0.15) is 0 Å². The number of hydrogen-bond acceptors (Lipinski definition) is 2. The molecule has 0 aromatic heterocycles. The maximum atomic E-state index is 3.52. The van der Waals surface area contributed by atoms with E-state index in [-0.39, 0.29) is 0 Å². The van der Waals surface area contributed by atoms with Crippen LogP contribution in [0, 0.1) is 11.8 Å². The molecule has 20 heavy (non-hydrogen) atoms. The molecule has 0 aromatic rings. The van der Waals surface area contributed by atoms with Crippen molar-refractivity contribution in [1.29, 1.82) is 0 Å². The molecule has 118 valence electrons. The van der Waals surface area contributed by atoms with Gasteiger partial charge in [-0.25, -0.2) is 0 Å². The third kappa shape index (κ3) is 5.04. The Kier molecular flexibility index (Phi) is 7.37. The minimum absolute atomic E-state index is 0.914. The Hall–Kier alpha value is -0.0800. The van der Waals surface area contributed by atoms with Crippen LogP contribution in [0.4, 0.5) is 0 Å². The van der Waals surface area contributed by atoms with E-state index in [2.05, 4.69) is 24.1 Å². The molecule has 2 unspecified atom stereocenters. The first kappa shape index (κ1) is 16.3. The van der Waals surface area contributed by atoms with Crippen molar-refractivity contribution >= 4 is 0 Å². The molecule has 0 radical (unpaired) electrons. The third-order valence-electron chi connectivity index (χ3n) is 5.60. The van der Waals surface area contributed by atoms with E-state index in [1.807, 2.05) is 0 Å². The molecule has 1 heterocycles. The molecule has 2 atom stereocenters. The van der Waals surface area contributed by atoms with Crippen molar-refractivity contribution in [2.75, 3.05) is 26.2 Å². The summed E-state index contributed by atoms with van der Waals surface area (Å²) in [6, 6.07) is 0.914. The van der Waals surface area contributed by atoms with Gasteiger partial charge in [0.05, 0.1) is 0 Å². The maximum Gasteiger partial charge on any atom is 0.00953 e. The molecular weight excluding hydrogens is 244 g/mol. The molecule has 1 saturated heterocycles. The summed E-state index contributed by atoms with van der Waals surface area (Å²) in [6.07, 6.45) is 13.1. The van der Waals surface area contributed by atoms with Crippen LogP contribution >= 0.6 is 0 Å². The molecule has 0 amide bonds. The van der Waals surface area contributed by atoms with Crippen molar-refractivity contribution in [3.05, 3.63) is 0 Å². The summed E-state index contributed by atoms with van der Waals surface area (Å²) >= 11 is 0. The zero-order chi connectivity index (χ0) is 14.2. The normalized spacial score (nSPS) is 30.3. The summed E-state index contributed by atoms with van der Waals surface area (Å²) in [5, 5.41) is 3.52. The zero-order valence-electron chi connectivity index (χ0n) is 13.9. The predicted octanol–water partition coefficient (Wildman–Crippen LogP) is 4.06. The lowest BCUT2D eigenvalue weighted by atomic mass is 9.93. The van der Waals surface area contributed by atoms with Gasteiger partial charge in [-0.15, -0.1) is 0 Å². The van der Waals surface area contributed by atoms with Crippen molar-refractivity contribution < 1.29 is 0 Å². The largest absolute Gasteiger partial charge is 0.317 e. The van der Waals surface area contributed by atoms with Crippen LogP contribution in [-0.4, -0.2) is 37.1 Å². The van der Waals surface area contributed by atoms with E-state index in [1.54, 1.807) is 0 Å². The first-order chi connectivity index (χ1) is 9.83. The molecular formula is C18H36N2. The van der Waals surface area contributed by atoms with Gasteiger partial charge in [0.2, 0.25) is 0 Å². The second kappa shape index (κ2) is 9.04. The maximum absolute atomic E-state index is 3.52. The van der Waals surface area contributed by atoms with Crippen LogP contribution in [0.5, 0.6) is 0 Å². The molecule has 2 nitrogen and oxygen atoms in total. The number of nitrogens with one attached hydrogen (secondary N) is 1. The van der Waals surface area contributed by atoms with E-state index in [0.717, 1.165) is 24.4 Å². The molecule has 0 bridgehead atoms. The molecule has 1 aliphatic heterocycles. The Balaban J connectivity index is 1.70. The van der Waals surface area contributed by atoms with Crippen molar-refractivity contribution in [3.8, 4) is 0 Å². The van der Waals surface area contributed by atoms with E-state index >= 15 is 0 Å². The number of likely N-dealkylation sites (tertiary alicyclic amines) is 1. The molecule has 1 aliphatic carbocycles. The average molecular weight is 280 g/mol. The summed E-state index contributed by atoms with van der Waals surface area (Å²) in [4.78, 5) is 2.83.